The van der Waals surface area contributed by atoms with Gasteiger partial charge in [-0.25, -0.2) is 0 Å². The molecular formula is C20H19IN2O4. The summed E-state index contributed by atoms with van der Waals surface area (Å²) in [6.07, 6.45) is 6.93. The van der Waals surface area contributed by atoms with Gasteiger partial charge in [0.2, 0.25) is 0 Å². The third-order valence-electron chi connectivity index (χ3n) is 6.31. The van der Waals surface area contributed by atoms with Crippen molar-refractivity contribution >= 4 is 40.6 Å². The summed E-state index contributed by atoms with van der Waals surface area (Å²) in [6.45, 7) is 2.26. The fraction of sp³-hybridized carbons (Fsp3) is 0.450. The van der Waals surface area contributed by atoms with Crippen molar-refractivity contribution in [3.8, 4) is 11.5 Å². The summed E-state index contributed by atoms with van der Waals surface area (Å²) in [5.74, 6) is 1.15. The molecule has 0 unspecified atom stereocenters. The number of hydrogen-bond donors (Lipinski definition) is 1. The van der Waals surface area contributed by atoms with Crippen molar-refractivity contribution in [3.05, 3.63) is 33.4 Å². The second-order valence-corrected chi connectivity index (χ2v) is 8.83. The molecule has 7 heteroatoms. The van der Waals surface area contributed by atoms with Crippen LogP contribution in [-0.4, -0.2) is 34.8 Å². The largest absolute Gasteiger partial charge is 0.504 e. The summed E-state index contributed by atoms with van der Waals surface area (Å²) >= 11 is 2.01. The number of phenolic OH excluding ortho intramolecular Hbond substituents is 1. The van der Waals surface area contributed by atoms with E-state index in [1.165, 1.54) is 6.21 Å². The molecule has 0 radical (unpaired) electrons. The molecule has 1 aliphatic heterocycles. The van der Waals surface area contributed by atoms with E-state index in [-0.39, 0.29) is 41.2 Å². The number of rotatable bonds is 4. The highest BCUT2D eigenvalue weighted by molar-refractivity contribution is 14.1. The molecule has 0 spiro atoms. The first-order valence-electron chi connectivity index (χ1n) is 9.26. The van der Waals surface area contributed by atoms with Gasteiger partial charge in [-0.1, -0.05) is 12.2 Å². The summed E-state index contributed by atoms with van der Waals surface area (Å²) in [5, 5.41) is 15.3. The molecule has 6 rings (SSSR count). The molecule has 27 heavy (non-hydrogen) atoms. The second kappa shape index (κ2) is 6.05. The number of carbonyl (C=O) groups excluding carboxylic acids is 2. The zero-order valence-corrected chi connectivity index (χ0v) is 16.9. The number of aromatic hydroxyl groups is 1. The van der Waals surface area contributed by atoms with Crippen molar-refractivity contribution in [1.82, 2.24) is 5.01 Å². The molecule has 2 saturated carbocycles. The third kappa shape index (κ3) is 2.47. The monoisotopic (exact) mass is 478 g/mol. The molecular weight excluding hydrogens is 459 g/mol. The van der Waals surface area contributed by atoms with E-state index in [1.807, 2.05) is 29.5 Å². The summed E-state index contributed by atoms with van der Waals surface area (Å²) in [4.78, 5) is 25.8. The quantitative estimate of drug-likeness (QED) is 0.313. The predicted molar refractivity (Wildman–Crippen MR) is 106 cm³/mol. The Morgan fingerprint density at radius 3 is 2.44 bits per heavy atom. The number of ether oxygens (including phenoxy) is 1. The smallest absolute Gasteiger partial charge is 0.254 e. The molecule has 2 amide bonds. The van der Waals surface area contributed by atoms with Crippen LogP contribution in [0, 0.1) is 39.1 Å². The van der Waals surface area contributed by atoms with E-state index in [2.05, 4.69) is 17.3 Å². The van der Waals surface area contributed by atoms with Crippen molar-refractivity contribution in [2.75, 3.05) is 6.61 Å². The number of allylic oxidation sites excluding steroid dienone is 2. The van der Waals surface area contributed by atoms with Gasteiger partial charge in [0.1, 0.15) is 0 Å². The number of hydrazone groups is 1. The number of phenols is 1. The highest BCUT2D eigenvalue weighted by Gasteiger charge is 2.67. The van der Waals surface area contributed by atoms with Crippen molar-refractivity contribution in [1.29, 1.82) is 0 Å². The number of carbonyl (C=O) groups is 2. The topological polar surface area (TPSA) is 79.2 Å². The van der Waals surface area contributed by atoms with Crippen molar-refractivity contribution < 1.29 is 19.4 Å². The molecule has 0 aromatic heterocycles. The summed E-state index contributed by atoms with van der Waals surface area (Å²) < 4.78 is 6.05. The average Bonchev–Trinajstić information content (AvgIpc) is 3.43. The van der Waals surface area contributed by atoms with E-state index in [4.69, 9.17) is 4.74 Å². The highest BCUT2D eigenvalue weighted by Crippen LogP contribution is 2.65. The van der Waals surface area contributed by atoms with Gasteiger partial charge in [0, 0.05) is 0 Å². The molecule has 1 aromatic rings. The van der Waals surface area contributed by atoms with Crippen LogP contribution in [0.4, 0.5) is 0 Å². The Balaban J connectivity index is 1.42. The Labute approximate surface area is 170 Å². The van der Waals surface area contributed by atoms with E-state index >= 15 is 0 Å². The summed E-state index contributed by atoms with van der Waals surface area (Å²) in [7, 11) is 0. The standard InChI is InChI=1S/C20H19IN2O4/c1-2-27-15-6-9(5-14(21)18(15)24)8-22-23-19(25)16-10-3-4-11(13-7-12(10)13)17(16)20(23)26/h3-6,8,10-13,16-17,24H,2,7H2,1H3/t10-,11-,12-,13-,16+,17+/m0/s1. The number of benzene rings is 1. The Bertz CT molecular complexity index is 875. The number of imide groups is 1. The minimum Gasteiger partial charge on any atom is -0.504 e. The maximum absolute atomic E-state index is 12.9. The van der Waals surface area contributed by atoms with Crippen LogP contribution in [0.3, 0.4) is 0 Å². The molecule has 3 fully saturated rings. The van der Waals surface area contributed by atoms with Gasteiger partial charge >= 0.3 is 0 Å². The Hall–Kier alpha value is -1.90. The van der Waals surface area contributed by atoms with Gasteiger partial charge in [-0.05, 0) is 77.3 Å². The van der Waals surface area contributed by atoms with Gasteiger partial charge in [0.15, 0.2) is 11.5 Å². The first-order chi connectivity index (χ1) is 13.0. The lowest BCUT2D eigenvalue weighted by Gasteiger charge is -2.37. The number of amides is 2. The molecule has 1 N–H and O–H groups in total. The SMILES string of the molecule is CCOc1cc(C=NN2C(=O)[C@@H]3[C@H]4C=C[C@@H]([C@@H]5C[C@@H]45)[C@H]3C2=O)cc(I)c1O. The highest BCUT2D eigenvalue weighted by atomic mass is 127. The maximum Gasteiger partial charge on any atom is 0.254 e. The van der Waals surface area contributed by atoms with E-state index < -0.39 is 0 Å². The summed E-state index contributed by atoms with van der Waals surface area (Å²) in [6, 6.07) is 3.39. The molecule has 6 atom stereocenters. The van der Waals surface area contributed by atoms with Gasteiger partial charge in [0.25, 0.3) is 11.8 Å². The maximum atomic E-state index is 12.9. The van der Waals surface area contributed by atoms with E-state index in [0.717, 1.165) is 11.4 Å². The molecule has 6 nitrogen and oxygen atoms in total. The van der Waals surface area contributed by atoms with Gasteiger partial charge in [-0.15, -0.1) is 0 Å². The minimum atomic E-state index is -0.243. The van der Waals surface area contributed by atoms with E-state index in [1.54, 1.807) is 12.1 Å². The van der Waals surface area contributed by atoms with Crippen LogP contribution in [0.5, 0.6) is 11.5 Å². The normalized spacial score (nSPS) is 35.7. The Kier molecular flexibility index (Phi) is 3.86. The van der Waals surface area contributed by atoms with Gasteiger partial charge in [0.05, 0.1) is 28.2 Å². The molecule has 4 aliphatic carbocycles. The van der Waals surface area contributed by atoms with Crippen LogP contribution in [-0.2, 0) is 9.59 Å². The van der Waals surface area contributed by atoms with E-state index in [9.17, 15) is 14.7 Å². The van der Waals surface area contributed by atoms with Crippen LogP contribution in [0.25, 0.3) is 0 Å². The average molecular weight is 478 g/mol. The Morgan fingerprint density at radius 1 is 1.22 bits per heavy atom. The molecule has 140 valence electrons. The molecule has 5 aliphatic rings. The van der Waals surface area contributed by atoms with Crippen LogP contribution in [0.2, 0.25) is 0 Å². The molecule has 2 bridgehead atoms. The Morgan fingerprint density at radius 2 is 1.85 bits per heavy atom. The number of nitrogens with zero attached hydrogens (tertiary/aromatic N) is 2. The fourth-order valence-electron chi connectivity index (χ4n) is 5.11. The zero-order chi connectivity index (χ0) is 18.9. The molecule has 1 aromatic carbocycles. The molecule has 1 heterocycles. The lowest BCUT2D eigenvalue weighted by molar-refractivity contribution is -0.140. The van der Waals surface area contributed by atoms with Crippen molar-refractivity contribution in [2.24, 2.45) is 40.6 Å². The van der Waals surface area contributed by atoms with Gasteiger partial charge < -0.3 is 9.84 Å². The molecule has 1 saturated heterocycles. The lowest BCUT2D eigenvalue weighted by Crippen LogP contribution is -2.40. The van der Waals surface area contributed by atoms with Gasteiger partial charge in [-0.3, -0.25) is 9.59 Å². The van der Waals surface area contributed by atoms with Crippen LogP contribution in [0.15, 0.2) is 29.4 Å². The first-order valence-corrected chi connectivity index (χ1v) is 10.3. The fourth-order valence-corrected chi connectivity index (χ4v) is 5.74. The van der Waals surface area contributed by atoms with Crippen LogP contribution < -0.4 is 4.74 Å². The number of hydrogen-bond acceptors (Lipinski definition) is 5. The number of halogens is 1. The van der Waals surface area contributed by atoms with Gasteiger partial charge in [-0.2, -0.15) is 10.1 Å². The van der Waals surface area contributed by atoms with E-state index in [0.29, 0.717) is 33.3 Å². The minimum absolute atomic E-state index is 0.0795. The summed E-state index contributed by atoms with van der Waals surface area (Å²) in [5.41, 5.74) is 0.667. The predicted octanol–water partition coefficient (Wildman–Crippen LogP) is 2.78. The second-order valence-electron chi connectivity index (χ2n) is 7.67. The zero-order valence-electron chi connectivity index (χ0n) is 14.7. The third-order valence-corrected chi connectivity index (χ3v) is 7.13. The lowest BCUT2D eigenvalue weighted by atomic mass is 9.63. The first kappa shape index (κ1) is 17.2. The van der Waals surface area contributed by atoms with Crippen molar-refractivity contribution in [2.45, 2.75) is 13.3 Å². The van der Waals surface area contributed by atoms with Crippen molar-refractivity contribution in [3.63, 3.8) is 0 Å². The van der Waals surface area contributed by atoms with Crippen LogP contribution in [0.1, 0.15) is 18.9 Å². The van der Waals surface area contributed by atoms with Crippen LogP contribution >= 0.6 is 22.6 Å².